The van der Waals surface area contributed by atoms with Crippen LogP contribution in [0.4, 0.5) is 0 Å². The predicted molar refractivity (Wildman–Crippen MR) is 77.1 cm³/mol. The minimum Gasteiger partial charge on any atom is -0.491 e. The van der Waals surface area contributed by atoms with E-state index in [2.05, 4.69) is 10.2 Å². The zero-order chi connectivity index (χ0) is 14.7. The van der Waals surface area contributed by atoms with Crippen molar-refractivity contribution in [2.75, 3.05) is 0 Å². The molecule has 0 fully saturated rings. The van der Waals surface area contributed by atoms with Crippen LogP contribution in [0, 0.1) is 13.8 Å². The third-order valence-electron chi connectivity index (χ3n) is 2.81. The zero-order valence-corrected chi connectivity index (χ0v) is 12.2. The summed E-state index contributed by atoms with van der Waals surface area (Å²) in [6, 6.07) is 8.98. The van der Waals surface area contributed by atoms with Gasteiger partial charge in [0.15, 0.2) is 5.78 Å². The second-order valence-corrected chi connectivity index (χ2v) is 5.01. The van der Waals surface area contributed by atoms with Crippen LogP contribution in [0.5, 0.6) is 5.75 Å². The number of ketones is 1. The summed E-state index contributed by atoms with van der Waals surface area (Å²) in [5, 5.41) is 7.94. The van der Waals surface area contributed by atoms with E-state index >= 15 is 0 Å². The van der Waals surface area contributed by atoms with Crippen molar-refractivity contribution < 1.29 is 9.53 Å². The normalized spacial score (nSPS) is 10.7. The molecule has 2 aromatic rings. The minimum atomic E-state index is -0.0605. The van der Waals surface area contributed by atoms with Crippen molar-refractivity contribution in [2.24, 2.45) is 0 Å². The van der Waals surface area contributed by atoms with Gasteiger partial charge in [0.05, 0.1) is 17.5 Å². The van der Waals surface area contributed by atoms with Gasteiger partial charge in [0.2, 0.25) is 0 Å². The maximum absolute atomic E-state index is 12.5. The highest BCUT2D eigenvalue weighted by atomic mass is 16.5. The molecule has 0 aliphatic rings. The molecule has 2 rings (SSSR count). The smallest absolute Gasteiger partial charge is 0.195 e. The van der Waals surface area contributed by atoms with Gasteiger partial charge in [-0.2, -0.15) is 10.2 Å². The highest BCUT2D eigenvalue weighted by molar-refractivity contribution is 6.09. The van der Waals surface area contributed by atoms with E-state index in [9.17, 15) is 4.79 Å². The first-order valence-corrected chi connectivity index (χ1v) is 6.59. The van der Waals surface area contributed by atoms with Gasteiger partial charge < -0.3 is 4.74 Å². The van der Waals surface area contributed by atoms with Gasteiger partial charge in [-0.25, -0.2) is 0 Å². The lowest BCUT2D eigenvalue weighted by Crippen LogP contribution is -2.09. The Morgan fingerprint density at radius 1 is 1.15 bits per heavy atom. The van der Waals surface area contributed by atoms with Crippen LogP contribution in [0.2, 0.25) is 0 Å². The summed E-state index contributed by atoms with van der Waals surface area (Å²) in [5.74, 6) is 0.636. The highest BCUT2D eigenvalue weighted by Crippen LogP contribution is 2.19. The fraction of sp³-hybridized carbons (Fsp3) is 0.312. The molecule has 0 aliphatic carbocycles. The summed E-state index contributed by atoms with van der Waals surface area (Å²) >= 11 is 0. The van der Waals surface area contributed by atoms with E-state index in [1.54, 1.807) is 25.1 Å². The Morgan fingerprint density at radius 2 is 1.90 bits per heavy atom. The summed E-state index contributed by atoms with van der Waals surface area (Å²) < 4.78 is 5.61. The molecular formula is C16H18N2O2. The minimum absolute atomic E-state index is 0.0605. The Balaban J connectivity index is 2.35. The van der Waals surface area contributed by atoms with Crippen LogP contribution in [0.15, 0.2) is 30.3 Å². The maximum atomic E-state index is 12.5. The van der Waals surface area contributed by atoms with E-state index < -0.39 is 0 Å². The van der Waals surface area contributed by atoms with Gasteiger partial charge in [0.1, 0.15) is 5.75 Å². The summed E-state index contributed by atoms with van der Waals surface area (Å²) in [5.41, 5.74) is 2.54. The first kappa shape index (κ1) is 14.2. The third-order valence-corrected chi connectivity index (χ3v) is 2.81. The second kappa shape index (κ2) is 5.82. The third kappa shape index (κ3) is 3.20. The van der Waals surface area contributed by atoms with Crippen LogP contribution in [0.3, 0.4) is 0 Å². The number of carbonyl (C=O) groups is 1. The van der Waals surface area contributed by atoms with Crippen LogP contribution in [-0.4, -0.2) is 22.1 Å². The molecule has 0 unspecified atom stereocenters. The molecule has 1 aromatic heterocycles. The Hall–Kier alpha value is -2.23. The molecule has 104 valence electrons. The summed E-state index contributed by atoms with van der Waals surface area (Å²) in [7, 11) is 0. The number of hydrogen-bond donors (Lipinski definition) is 0. The molecule has 0 atom stereocenters. The Morgan fingerprint density at radius 3 is 2.60 bits per heavy atom. The molecule has 0 amide bonds. The number of aromatic nitrogens is 2. The van der Waals surface area contributed by atoms with Gasteiger partial charge >= 0.3 is 0 Å². The standard InChI is InChI=1S/C16H18N2O2/c1-10(2)20-14-7-5-6-13(9-14)16(19)15-8-11(3)17-18-12(15)4/h5-10H,1-4H3. The summed E-state index contributed by atoms with van der Waals surface area (Å²) in [6.45, 7) is 7.51. The van der Waals surface area contributed by atoms with Gasteiger partial charge in [-0.15, -0.1) is 0 Å². The van der Waals surface area contributed by atoms with E-state index in [0.717, 1.165) is 5.69 Å². The molecule has 4 nitrogen and oxygen atoms in total. The lowest BCUT2D eigenvalue weighted by molar-refractivity contribution is 0.103. The molecule has 0 aliphatic heterocycles. The maximum Gasteiger partial charge on any atom is 0.195 e. The van der Waals surface area contributed by atoms with E-state index in [0.29, 0.717) is 22.6 Å². The predicted octanol–water partition coefficient (Wildman–Crippen LogP) is 3.11. The van der Waals surface area contributed by atoms with Crippen molar-refractivity contribution in [1.29, 1.82) is 0 Å². The van der Waals surface area contributed by atoms with Gasteiger partial charge in [0.25, 0.3) is 0 Å². The Kier molecular flexibility index (Phi) is 4.13. The Labute approximate surface area is 118 Å². The van der Waals surface area contributed by atoms with Gasteiger partial charge in [-0.1, -0.05) is 12.1 Å². The fourth-order valence-electron chi connectivity index (χ4n) is 1.92. The van der Waals surface area contributed by atoms with Crippen LogP contribution >= 0.6 is 0 Å². The first-order chi connectivity index (χ1) is 9.47. The molecule has 4 heteroatoms. The van der Waals surface area contributed by atoms with Crippen molar-refractivity contribution in [2.45, 2.75) is 33.8 Å². The summed E-state index contributed by atoms with van der Waals surface area (Å²) in [6.07, 6.45) is 0.0759. The van der Waals surface area contributed by atoms with Crippen molar-refractivity contribution in [3.8, 4) is 5.75 Å². The number of rotatable bonds is 4. The molecule has 0 saturated carbocycles. The lowest BCUT2D eigenvalue weighted by atomic mass is 10.0. The van der Waals surface area contributed by atoms with Crippen LogP contribution < -0.4 is 4.74 Å². The molecule has 1 aromatic carbocycles. The largest absolute Gasteiger partial charge is 0.491 e. The number of nitrogens with zero attached hydrogens (tertiary/aromatic N) is 2. The van der Waals surface area contributed by atoms with E-state index in [4.69, 9.17) is 4.74 Å². The first-order valence-electron chi connectivity index (χ1n) is 6.59. The number of aryl methyl sites for hydroxylation is 2. The van der Waals surface area contributed by atoms with E-state index in [-0.39, 0.29) is 11.9 Å². The number of hydrogen-bond acceptors (Lipinski definition) is 4. The van der Waals surface area contributed by atoms with Crippen molar-refractivity contribution >= 4 is 5.78 Å². The number of carbonyl (C=O) groups excluding carboxylic acids is 1. The average molecular weight is 270 g/mol. The van der Waals surface area contributed by atoms with Crippen LogP contribution in [0.25, 0.3) is 0 Å². The van der Waals surface area contributed by atoms with Gasteiger partial charge in [-0.05, 0) is 45.9 Å². The molecule has 0 radical (unpaired) electrons. The molecule has 1 heterocycles. The fourth-order valence-corrected chi connectivity index (χ4v) is 1.92. The second-order valence-electron chi connectivity index (χ2n) is 5.01. The average Bonchev–Trinajstić information content (AvgIpc) is 2.40. The van der Waals surface area contributed by atoms with Crippen molar-refractivity contribution in [3.63, 3.8) is 0 Å². The summed E-state index contributed by atoms with van der Waals surface area (Å²) in [4.78, 5) is 12.5. The van der Waals surface area contributed by atoms with Crippen LogP contribution in [-0.2, 0) is 0 Å². The molecule has 0 saturated heterocycles. The number of ether oxygens (including phenoxy) is 1. The molecule has 0 bridgehead atoms. The van der Waals surface area contributed by atoms with Crippen LogP contribution in [0.1, 0.15) is 41.2 Å². The highest BCUT2D eigenvalue weighted by Gasteiger charge is 2.14. The molecule has 0 N–H and O–H groups in total. The quantitative estimate of drug-likeness (QED) is 0.801. The van der Waals surface area contributed by atoms with Crippen molar-refractivity contribution in [3.05, 3.63) is 52.8 Å². The van der Waals surface area contributed by atoms with E-state index in [1.165, 1.54) is 0 Å². The zero-order valence-electron chi connectivity index (χ0n) is 12.2. The lowest BCUT2D eigenvalue weighted by Gasteiger charge is -2.11. The molecular weight excluding hydrogens is 252 g/mol. The number of benzene rings is 1. The van der Waals surface area contributed by atoms with Crippen molar-refractivity contribution in [1.82, 2.24) is 10.2 Å². The topological polar surface area (TPSA) is 52.1 Å². The monoisotopic (exact) mass is 270 g/mol. The van der Waals surface area contributed by atoms with E-state index in [1.807, 2.05) is 32.9 Å². The molecule has 0 spiro atoms. The molecule has 20 heavy (non-hydrogen) atoms. The van der Waals surface area contributed by atoms with Gasteiger partial charge in [0, 0.05) is 11.1 Å². The van der Waals surface area contributed by atoms with Gasteiger partial charge in [-0.3, -0.25) is 4.79 Å². The Bertz CT molecular complexity index is 636. The SMILES string of the molecule is Cc1cc(C(=O)c2cccc(OC(C)C)c2)c(C)nn1.